The molecule has 0 aliphatic carbocycles. The molecule has 0 aliphatic heterocycles. The molecule has 0 spiro atoms. The summed E-state index contributed by atoms with van der Waals surface area (Å²) in [7, 11) is 0. The fourth-order valence-corrected chi connectivity index (χ4v) is 1.49. The molecule has 0 bridgehead atoms. The Labute approximate surface area is 120 Å². The number of nitrogens with zero attached hydrogens (tertiary/aromatic N) is 1. The summed E-state index contributed by atoms with van der Waals surface area (Å²) in [5.41, 5.74) is 6.14. The molecule has 1 rings (SSSR count). The molecule has 110 valence electrons. The molecule has 0 radical (unpaired) electrons. The summed E-state index contributed by atoms with van der Waals surface area (Å²) in [4.78, 5) is 33.1. The molecular weight excluding hydrogens is 276 g/mol. The highest BCUT2D eigenvalue weighted by Gasteiger charge is 2.21. The van der Waals surface area contributed by atoms with Gasteiger partial charge in [0.25, 0.3) is 0 Å². The van der Waals surface area contributed by atoms with Crippen molar-refractivity contribution in [2.45, 2.75) is 19.0 Å². The van der Waals surface area contributed by atoms with Gasteiger partial charge in [0, 0.05) is 6.54 Å². The summed E-state index contributed by atoms with van der Waals surface area (Å²) in [6.45, 7) is 0.153. The van der Waals surface area contributed by atoms with Crippen molar-refractivity contribution in [3.8, 4) is 6.07 Å². The number of hydrogen-bond acceptors (Lipinski definition) is 4. The summed E-state index contributed by atoms with van der Waals surface area (Å²) in [6, 6.07) is 6.39. The van der Waals surface area contributed by atoms with E-state index in [9.17, 15) is 14.4 Å². The van der Waals surface area contributed by atoms with Gasteiger partial charge in [0.1, 0.15) is 6.04 Å². The van der Waals surface area contributed by atoms with E-state index in [-0.39, 0.29) is 6.54 Å². The fraction of sp³-hybridized carbons (Fsp3) is 0.231. The lowest BCUT2D eigenvalue weighted by Crippen LogP contribution is -2.47. The topological polar surface area (TPSA) is 145 Å². The van der Waals surface area contributed by atoms with E-state index in [0.29, 0.717) is 5.56 Å². The number of carbonyl (C=O) groups excluding carboxylic acids is 2. The summed E-state index contributed by atoms with van der Waals surface area (Å²) in [5.74, 6) is -2.17. The summed E-state index contributed by atoms with van der Waals surface area (Å²) >= 11 is 0. The van der Waals surface area contributed by atoms with Gasteiger partial charge in [-0.15, -0.1) is 0 Å². The van der Waals surface area contributed by atoms with Crippen LogP contribution in [0.5, 0.6) is 0 Å². The van der Waals surface area contributed by atoms with Crippen LogP contribution in [0.4, 0.5) is 4.79 Å². The number of carbonyl (C=O) groups is 3. The zero-order chi connectivity index (χ0) is 15.8. The van der Waals surface area contributed by atoms with Crippen LogP contribution in [-0.2, 0) is 16.1 Å². The molecular formula is C13H14N4O4. The first-order chi connectivity index (χ1) is 9.92. The minimum Gasteiger partial charge on any atom is -0.480 e. The van der Waals surface area contributed by atoms with E-state index in [1.165, 1.54) is 0 Å². The van der Waals surface area contributed by atoms with E-state index in [4.69, 9.17) is 16.1 Å². The lowest BCUT2D eigenvalue weighted by Gasteiger charge is -2.13. The van der Waals surface area contributed by atoms with Crippen molar-refractivity contribution in [1.82, 2.24) is 10.6 Å². The normalized spacial score (nSPS) is 11.0. The maximum Gasteiger partial charge on any atom is 0.326 e. The van der Waals surface area contributed by atoms with Crippen LogP contribution in [0, 0.1) is 11.3 Å². The van der Waals surface area contributed by atoms with Gasteiger partial charge in [0.05, 0.1) is 18.1 Å². The average molecular weight is 290 g/mol. The Hall–Kier alpha value is -3.08. The average Bonchev–Trinajstić information content (AvgIpc) is 2.44. The van der Waals surface area contributed by atoms with Crippen LogP contribution in [0.15, 0.2) is 24.3 Å². The molecule has 0 saturated carbocycles. The zero-order valence-electron chi connectivity index (χ0n) is 11.0. The van der Waals surface area contributed by atoms with Gasteiger partial charge in [-0.2, -0.15) is 5.26 Å². The standard InChI is InChI=1S/C13H14N4O4/c14-6-8-1-3-9(4-2-8)7-16-13(21)17-10(12(19)20)5-11(15)18/h1-4,10H,5,7H2,(H2,15,18)(H,19,20)(H2,16,17,21). The maximum atomic E-state index is 11.5. The van der Waals surface area contributed by atoms with Crippen LogP contribution in [-0.4, -0.2) is 29.1 Å². The molecule has 0 aromatic heterocycles. The van der Waals surface area contributed by atoms with Crippen molar-refractivity contribution in [3.05, 3.63) is 35.4 Å². The van der Waals surface area contributed by atoms with Gasteiger partial charge < -0.3 is 21.5 Å². The Morgan fingerprint density at radius 3 is 2.38 bits per heavy atom. The van der Waals surface area contributed by atoms with Crippen LogP contribution in [0.25, 0.3) is 0 Å². The van der Waals surface area contributed by atoms with E-state index in [0.717, 1.165) is 5.56 Å². The summed E-state index contributed by atoms with van der Waals surface area (Å²) < 4.78 is 0. The number of rotatable bonds is 6. The summed E-state index contributed by atoms with van der Waals surface area (Å²) in [5, 5.41) is 22.1. The molecule has 0 aliphatic rings. The molecule has 0 saturated heterocycles. The third-order valence-corrected chi connectivity index (χ3v) is 2.54. The van der Waals surface area contributed by atoms with Crippen LogP contribution in [0.3, 0.4) is 0 Å². The van der Waals surface area contributed by atoms with Gasteiger partial charge >= 0.3 is 12.0 Å². The fourth-order valence-electron chi connectivity index (χ4n) is 1.49. The highest BCUT2D eigenvalue weighted by atomic mass is 16.4. The van der Waals surface area contributed by atoms with Crippen molar-refractivity contribution < 1.29 is 19.5 Å². The third kappa shape index (κ3) is 5.61. The van der Waals surface area contributed by atoms with Crippen LogP contribution < -0.4 is 16.4 Å². The second-order valence-electron chi connectivity index (χ2n) is 4.20. The van der Waals surface area contributed by atoms with Gasteiger partial charge in [-0.3, -0.25) is 4.79 Å². The Bertz CT molecular complexity index is 577. The van der Waals surface area contributed by atoms with Crippen molar-refractivity contribution in [1.29, 1.82) is 5.26 Å². The number of nitrogens with two attached hydrogens (primary N) is 1. The number of amides is 3. The molecule has 21 heavy (non-hydrogen) atoms. The molecule has 8 heteroatoms. The van der Waals surface area contributed by atoms with Gasteiger partial charge in [-0.25, -0.2) is 9.59 Å². The van der Waals surface area contributed by atoms with E-state index in [1.807, 2.05) is 6.07 Å². The number of carboxylic acid groups (broad SMARTS) is 1. The molecule has 1 aromatic carbocycles. The van der Waals surface area contributed by atoms with Crippen molar-refractivity contribution in [2.75, 3.05) is 0 Å². The number of nitrogens with one attached hydrogen (secondary N) is 2. The SMILES string of the molecule is N#Cc1ccc(CNC(=O)NC(CC(N)=O)C(=O)O)cc1. The Kier molecular flexibility index (Phi) is 5.70. The largest absolute Gasteiger partial charge is 0.480 e. The van der Waals surface area contributed by atoms with Crippen LogP contribution >= 0.6 is 0 Å². The highest BCUT2D eigenvalue weighted by molar-refractivity contribution is 5.87. The first-order valence-electron chi connectivity index (χ1n) is 5.97. The smallest absolute Gasteiger partial charge is 0.326 e. The molecule has 8 nitrogen and oxygen atoms in total. The molecule has 0 fully saturated rings. The number of urea groups is 1. The van der Waals surface area contributed by atoms with E-state index < -0.39 is 30.4 Å². The minimum absolute atomic E-state index is 0.153. The van der Waals surface area contributed by atoms with Crippen LogP contribution in [0.1, 0.15) is 17.5 Å². The zero-order valence-corrected chi connectivity index (χ0v) is 11.0. The van der Waals surface area contributed by atoms with Gasteiger partial charge in [0.15, 0.2) is 0 Å². The Morgan fingerprint density at radius 1 is 1.29 bits per heavy atom. The number of hydrogen-bond donors (Lipinski definition) is 4. The monoisotopic (exact) mass is 290 g/mol. The summed E-state index contributed by atoms with van der Waals surface area (Å²) in [6.07, 6.45) is -0.486. The van der Waals surface area contributed by atoms with Crippen molar-refractivity contribution in [2.24, 2.45) is 5.73 Å². The van der Waals surface area contributed by atoms with Gasteiger partial charge in [-0.05, 0) is 17.7 Å². The quantitative estimate of drug-likeness (QED) is 0.567. The lowest BCUT2D eigenvalue weighted by molar-refractivity contribution is -0.140. The number of carboxylic acids is 1. The van der Waals surface area contributed by atoms with Gasteiger partial charge in [0.2, 0.25) is 5.91 Å². The van der Waals surface area contributed by atoms with Crippen LogP contribution in [0.2, 0.25) is 0 Å². The first-order valence-corrected chi connectivity index (χ1v) is 5.97. The molecule has 5 N–H and O–H groups in total. The van der Waals surface area contributed by atoms with E-state index >= 15 is 0 Å². The molecule has 3 amide bonds. The number of nitriles is 1. The highest BCUT2D eigenvalue weighted by Crippen LogP contribution is 2.02. The third-order valence-electron chi connectivity index (χ3n) is 2.54. The van der Waals surface area contributed by atoms with Crippen molar-refractivity contribution >= 4 is 17.9 Å². The van der Waals surface area contributed by atoms with Crippen molar-refractivity contribution in [3.63, 3.8) is 0 Å². The maximum absolute atomic E-state index is 11.5. The van der Waals surface area contributed by atoms with E-state index in [1.54, 1.807) is 24.3 Å². The number of aliphatic carboxylic acids is 1. The predicted molar refractivity (Wildman–Crippen MR) is 71.8 cm³/mol. The minimum atomic E-state index is -1.37. The van der Waals surface area contributed by atoms with Gasteiger partial charge in [-0.1, -0.05) is 12.1 Å². The molecule has 1 unspecified atom stereocenters. The molecule has 1 atom stereocenters. The predicted octanol–water partition coefficient (Wildman–Crippen LogP) is -0.314. The molecule has 0 heterocycles. The number of benzene rings is 1. The first kappa shape index (κ1) is 16.0. The lowest BCUT2D eigenvalue weighted by atomic mass is 10.1. The Balaban J connectivity index is 2.50. The second kappa shape index (κ2) is 7.49. The Morgan fingerprint density at radius 2 is 1.90 bits per heavy atom. The number of primary amides is 1. The molecule has 1 aromatic rings. The second-order valence-corrected chi connectivity index (χ2v) is 4.20. The van der Waals surface area contributed by atoms with E-state index in [2.05, 4.69) is 10.6 Å².